The first-order valence-corrected chi connectivity index (χ1v) is 8.69. The van der Waals surface area contributed by atoms with E-state index >= 15 is 0 Å². The van der Waals surface area contributed by atoms with Crippen molar-refractivity contribution in [2.45, 2.75) is 56.7 Å². The quantitative estimate of drug-likeness (QED) is 0.563. The maximum absolute atomic E-state index is 11.9. The number of nitrogens with one attached hydrogen (secondary N) is 1. The van der Waals surface area contributed by atoms with Gasteiger partial charge in [-0.15, -0.1) is 0 Å². The van der Waals surface area contributed by atoms with E-state index in [2.05, 4.69) is 46.4 Å². The van der Waals surface area contributed by atoms with Crippen molar-refractivity contribution in [3.63, 3.8) is 0 Å². The number of rotatable bonds is 7. The molecule has 3 heteroatoms. The van der Waals surface area contributed by atoms with Crippen molar-refractivity contribution in [3.05, 3.63) is 34.9 Å². The van der Waals surface area contributed by atoms with Gasteiger partial charge in [-0.1, -0.05) is 67.1 Å². The second kappa shape index (κ2) is 7.82. The minimum absolute atomic E-state index is 0.0794. The fourth-order valence-corrected chi connectivity index (χ4v) is 3.33. The molecule has 110 valence electrons. The van der Waals surface area contributed by atoms with Gasteiger partial charge in [-0.2, -0.15) is 0 Å². The Morgan fingerprint density at radius 3 is 2.85 bits per heavy atom. The number of amides is 1. The van der Waals surface area contributed by atoms with Gasteiger partial charge < -0.3 is 5.32 Å². The van der Waals surface area contributed by atoms with E-state index < -0.39 is 0 Å². The molecule has 0 saturated carbocycles. The van der Waals surface area contributed by atoms with Crippen molar-refractivity contribution < 1.29 is 4.79 Å². The third-order valence-electron chi connectivity index (χ3n) is 3.98. The van der Waals surface area contributed by atoms with Gasteiger partial charge in [0.15, 0.2) is 0 Å². The van der Waals surface area contributed by atoms with E-state index in [9.17, 15) is 4.79 Å². The van der Waals surface area contributed by atoms with E-state index in [0.29, 0.717) is 4.83 Å². The molecule has 1 unspecified atom stereocenters. The Balaban J connectivity index is 1.91. The summed E-state index contributed by atoms with van der Waals surface area (Å²) in [5.74, 6) is 0.0794. The number of halogens is 1. The molecule has 0 radical (unpaired) electrons. The van der Waals surface area contributed by atoms with Crippen LogP contribution in [0.3, 0.4) is 0 Å². The van der Waals surface area contributed by atoms with Gasteiger partial charge in [-0.3, -0.25) is 4.79 Å². The molecule has 1 heterocycles. The van der Waals surface area contributed by atoms with E-state index in [-0.39, 0.29) is 5.91 Å². The van der Waals surface area contributed by atoms with Gasteiger partial charge in [0.2, 0.25) is 0 Å². The largest absolute Gasteiger partial charge is 0.352 e. The van der Waals surface area contributed by atoms with Crippen molar-refractivity contribution >= 4 is 21.8 Å². The van der Waals surface area contributed by atoms with Gasteiger partial charge >= 0.3 is 0 Å². The molecular formula is C17H24BrNO. The zero-order chi connectivity index (χ0) is 14.4. The minimum Gasteiger partial charge on any atom is -0.352 e. The summed E-state index contributed by atoms with van der Waals surface area (Å²) in [5.41, 5.74) is 3.28. The van der Waals surface area contributed by atoms with Crippen LogP contribution in [0.25, 0.3) is 0 Å². The predicted octanol–water partition coefficient (Wildman–Crippen LogP) is 4.77. The highest BCUT2D eigenvalue weighted by atomic mass is 79.9. The van der Waals surface area contributed by atoms with Gasteiger partial charge in [0.05, 0.1) is 0 Å². The molecule has 1 aliphatic heterocycles. The molecule has 0 aromatic heterocycles. The van der Waals surface area contributed by atoms with Crippen molar-refractivity contribution in [2.75, 3.05) is 6.54 Å². The molecule has 2 nitrogen and oxygen atoms in total. The average molecular weight is 338 g/mol. The molecule has 2 rings (SSSR count). The third-order valence-corrected chi connectivity index (χ3v) is 4.97. The average Bonchev–Trinajstić information content (AvgIpc) is 2.47. The molecule has 1 aliphatic rings. The molecule has 0 fully saturated rings. The molecule has 1 N–H and O–H groups in total. The summed E-state index contributed by atoms with van der Waals surface area (Å²) in [6, 6.07) is 6.35. The molecule has 1 amide bonds. The molecule has 0 spiro atoms. The van der Waals surface area contributed by atoms with Crippen molar-refractivity contribution in [1.82, 2.24) is 5.32 Å². The van der Waals surface area contributed by atoms with Crippen LogP contribution in [0, 0.1) is 0 Å². The Morgan fingerprint density at radius 1 is 1.25 bits per heavy atom. The van der Waals surface area contributed by atoms with Gasteiger partial charge in [-0.25, -0.2) is 0 Å². The van der Waals surface area contributed by atoms with Crippen LogP contribution in [-0.2, 0) is 6.42 Å². The minimum atomic E-state index is 0.0794. The topological polar surface area (TPSA) is 29.1 Å². The Morgan fingerprint density at radius 2 is 2.05 bits per heavy atom. The highest BCUT2D eigenvalue weighted by Crippen LogP contribution is 2.30. The fraction of sp³-hybridized carbons (Fsp3) is 0.588. The van der Waals surface area contributed by atoms with E-state index in [1.54, 1.807) is 0 Å². The molecule has 1 aromatic rings. The molecular weight excluding hydrogens is 314 g/mol. The van der Waals surface area contributed by atoms with Crippen molar-refractivity contribution in [3.8, 4) is 0 Å². The van der Waals surface area contributed by atoms with Gasteiger partial charge in [-0.05, 0) is 30.0 Å². The maximum Gasteiger partial charge on any atom is 0.251 e. The van der Waals surface area contributed by atoms with Crippen LogP contribution in [0.2, 0.25) is 0 Å². The van der Waals surface area contributed by atoms with E-state index in [0.717, 1.165) is 24.9 Å². The van der Waals surface area contributed by atoms with Crippen LogP contribution in [0.5, 0.6) is 0 Å². The Bertz CT molecular complexity index is 458. The zero-order valence-corrected chi connectivity index (χ0v) is 13.8. The van der Waals surface area contributed by atoms with Crippen molar-refractivity contribution in [1.29, 1.82) is 0 Å². The monoisotopic (exact) mass is 337 g/mol. The van der Waals surface area contributed by atoms with Crippen molar-refractivity contribution in [2.24, 2.45) is 0 Å². The molecule has 0 aliphatic carbocycles. The maximum atomic E-state index is 11.9. The van der Waals surface area contributed by atoms with E-state index in [4.69, 9.17) is 0 Å². The number of hydrogen-bond donors (Lipinski definition) is 1. The van der Waals surface area contributed by atoms with Crippen LogP contribution in [-0.4, -0.2) is 12.5 Å². The fourth-order valence-electron chi connectivity index (χ4n) is 2.72. The zero-order valence-electron chi connectivity index (χ0n) is 12.3. The molecule has 1 atom stereocenters. The number of unbranched alkanes of at least 4 members (excludes halogenated alkanes) is 4. The highest BCUT2D eigenvalue weighted by Gasteiger charge is 2.18. The van der Waals surface area contributed by atoms with Gasteiger partial charge in [0.25, 0.3) is 5.91 Å². The predicted molar refractivity (Wildman–Crippen MR) is 87.5 cm³/mol. The second-order valence-corrected chi connectivity index (χ2v) is 6.70. The lowest BCUT2D eigenvalue weighted by atomic mass is 9.95. The van der Waals surface area contributed by atoms with E-state index in [1.807, 2.05) is 0 Å². The molecule has 0 bridgehead atoms. The Kier molecular flexibility index (Phi) is 6.08. The summed E-state index contributed by atoms with van der Waals surface area (Å²) in [7, 11) is 0. The number of benzene rings is 1. The summed E-state index contributed by atoms with van der Waals surface area (Å²) in [6.07, 6.45) is 8.61. The van der Waals surface area contributed by atoms with Crippen LogP contribution >= 0.6 is 15.9 Å². The number of hydrogen-bond acceptors (Lipinski definition) is 1. The lowest BCUT2D eigenvalue weighted by Gasteiger charge is -2.19. The second-order valence-electron chi connectivity index (χ2n) is 5.59. The summed E-state index contributed by atoms with van der Waals surface area (Å²) in [4.78, 5) is 12.2. The highest BCUT2D eigenvalue weighted by molar-refractivity contribution is 9.09. The summed E-state index contributed by atoms with van der Waals surface area (Å²) < 4.78 is 0. The molecule has 20 heavy (non-hydrogen) atoms. The van der Waals surface area contributed by atoms with E-state index in [1.165, 1.54) is 43.2 Å². The first-order chi connectivity index (χ1) is 9.72. The SMILES string of the molecule is CCCCCCCC(Br)c1ccc2c(c1)C(=O)NCC2. The Hall–Kier alpha value is -0.830. The van der Waals surface area contributed by atoms with Crippen LogP contribution in [0.4, 0.5) is 0 Å². The third kappa shape index (κ3) is 4.08. The van der Waals surface area contributed by atoms with Crippen LogP contribution in [0.1, 0.15) is 71.8 Å². The molecule has 0 saturated heterocycles. The van der Waals surface area contributed by atoms with Gasteiger partial charge in [0, 0.05) is 16.9 Å². The number of alkyl halides is 1. The standard InChI is InChI=1S/C17H24BrNO/c1-2-3-4-5-6-7-16(18)14-9-8-13-10-11-19-17(20)15(13)12-14/h8-9,12,16H,2-7,10-11H2,1H3,(H,19,20). The molecule has 1 aromatic carbocycles. The van der Waals surface area contributed by atoms with Gasteiger partial charge in [0.1, 0.15) is 0 Å². The lowest BCUT2D eigenvalue weighted by molar-refractivity contribution is 0.0946. The Labute approximate surface area is 130 Å². The first kappa shape index (κ1) is 15.6. The summed E-state index contributed by atoms with van der Waals surface area (Å²) in [5, 5.41) is 2.92. The normalized spacial score (nSPS) is 15.6. The summed E-state index contributed by atoms with van der Waals surface area (Å²) in [6.45, 7) is 3.01. The first-order valence-electron chi connectivity index (χ1n) is 7.77. The van der Waals surface area contributed by atoms with Crippen LogP contribution in [0.15, 0.2) is 18.2 Å². The number of carbonyl (C=O) groups is 1. The number of fused-ring (bicyclic) bond motifs is 1. The van der Waals surface area contributed by atoms with Crippen LogP contribution < -0.4 is 5.32 Å². The lowest BCUT2D eigenvalue weighted by Crippen LogP contribution is -2.31. The summed E-state index contributed by atoms with van der Waals surface area (Å²) >= 11 is 3.77. The smallest absolute Gasteiger partial charge is 0.251 e. The number of carbonyl (C=O) groups excluding carboxylic acids is 1.